The van der Waals surface area contributed by atoms with Crippen LogP contribution in [0.5, 0.6) is 0 Å². The van der Waals surface area contributed by atoms with Crippen molar-refractivity contribution in [2.24, 2.45) is 0 Å². The Morgan fingerprint density at radius 2 is 1.65 bits per heavy atom. The Kier molecular flexibility index (Phi) is 3.79. The molecule has 7 heteroatoms. The summed E-state index contributed by atoms with van der Waals surface area (Å²) in [7, 11) is 0. The van der Waals surface area contributed by atoms with Gasteiger partial charge in [0.05, 0.1) is 5.69 Å². The molecule has 20 heavy (non-hydrogen) atoms. The maximum atomic E-state index is 13.3. The molecule has 4 nitrogen and oxygen atoms in total. The molecule has 0 aliphatic carbocycles. The van der Waals surface area contributed by atoms with Crippen LogP contribution in [0, 0.1) is 17.5 Å². The molecule has 0 unspecified atom stereocenters. The summed E-state index contributed by atoms with van der Waals surface area (Å²) in [5.41, 5.74) is 5.79. The van der Waals surface area contributed by atoms with Crippen molar-refractivity contribution in [3.8, 4) is 0 Å². The van der Waals surface area contributed by atoms with E-state index in [1.54, 1.807) is 12.1 Å². The van der Waals surface area contributed by atoms with E-state index >= 15 is 0 Å². The lowest BCUT2D eigenvalue weighted by atomic mass is 10.2. The summed E-state index contributed by atoms with van der Waals surface area (Å²) < 4.78 is 39.2. The number of nitrogens with two attached hydrogens (primary N) is 1. The van der Waals surface area contributed by atoms with Crippen LogP contribution in [-0.4, -0.2) is 6.03 Å². The highest BCUT2D eigenvalue weighted by molar-refractivity contribution is 5.99. The van der Waals surface area contributed by atoms with E-state index in [9.17, 15) is 18.0 Å². The van der Waals surface area contributed by atoms with E-state index in [0.29, 0.717) is 23.5 Å². The fourth-order valence-corrected chi connectivity index (χ4v) is 1.50. The van der Waals surface area contributed by atoms with Gasteiger partial charge >= 0.3 is 6.03 Å². The SMILES string of the molecule is Nc1ccc(NC(=O)Nc2cc(F)cc(F)c2F)cc1. The van der Waals surface area contributed by atoms with Gasteiger partial charge in [0, 0.05) is 23.5 Å². The zero-order valence-electron chi connectivity index (χ0n) is 10.1. The molecule has 0 aromatic heterocycles. The quantitative estimate of drug-likeness (QED) is 0.584. The van der Waals surface area contributed by atoms with Gasteiger partial charge in [-0.2, -0.15) is 0 Å². The predicted molar refractivity (Wildman–Crippen MR) is 69.8 cm³/mol. The van der Waals surface area contributed by atoms with Crippen LogP contribution in [0.15, 0.2) is 36.4 Å². The van der Waals surface area contributed by atoms with Gasteiger partial charge < -0.3 is 16.4 Å². The summed E-state index contributed by atoms with van der Waals surface area (Å²) >= 11 is 0. The van der Waals surface area contributed by atoms with E-state index in [1.165, 1.54) is 12.1 Å². The number of halogens is 3. The van der Waals surface area contributed by atoms with Gasteiger partial charge in [0.1, 0.15) is 5.82 Å². The third kappa shape index (κ3) is 3.19. The Balaban J connectivity index is 2.10. The minimum Gasteiger partial charge on any atom is -0.399 e. The second kappa shape index (κ2) is 5.52. The van der Waals surface area contributed by atoms with E-state index in [2.05, 4.69) is 5.32 Å². The number of anilines is 3. The van der Waals surface area contributed by atoms with E-state index in [1.807, 2.05) is 5.32 Å². The van der Waals surface area contributed by atoms with Gasteiger partial charge in [-0.15, -0.1) is 0 Å². The first-order chi connectivity index (χ1) is 9.45. The molecule has 2 aromatic carbocycles. The van der Waals surface area contributed by atoms with Crippen molar-refractivity contribution < 1.29 is 18.0 Å². The molecule has 2 rings (SSSR count). The third-order valence-corrected chi connectivity index (χ3v) is 2.41. The van der Waals surface area contributed by atoms with Gasteiger partial charge in [-0.25, -0.2) is 18.0 Å². The lowest BCUT2D eigenvalue weighted by Gasteiger charge is -2.09. The molecule has 0 bridgehead atoms. The van der Waals surface area contributed by atoms with Crippen molar-refractivity contribution in [1.29, 1.82) is 0 Å². The Hall–Kier alpha value is -2.70. The number of urea groups is 1. The van der Waals surface area contributed by atoms with Gasteiger partial charge in [-0.3, -0.25) is 0 Å². The third-order valence-electron chi connectivity index (χ3n) is 2.41. The summed E-state index contributed by atoms with van der Waals surface area (Å²) in [5.74, 6) is -3.71. The molecular weight excluding hydrogens is 271 g/mol. The van der Waals surface area contributed by atoms with E-state index < -0.39 is 29.2 Å². The predicted octanol–water partition coefficient (Wildman–Crippen LogP) is 3.33. The van der Waals surface area contributed by atoms with E-state index in [0.717, 1.165) is 0 Å². The summed E-state index contributed by atoms with van der Waals surface area (Å²) in [4.78, 5) is 11.6. The minimum absolute atomic E-state index is 0.387. The number of nitrogens with one attached hydrogen (secondary N) is 2. The molecule has 0 aliphatic heterocycles. The summed E-state index contributed by atoms with van der Waals surface area (Å²) in [6, 6.07) is 6.39. The van der Waals surface area contributed by atoms with Crippen molar-refractivity contribution >= 4 is 23.1 Å². The topological polar surface area (TPSA) is 67.1 Å². The average molecular weight is 281 g/mol. The Labute approximate surface area is 112 Å². The number of nitrogen functional groups attached to an aromatic ring is 1. The number of carbonyl (C=O) groups is 1. The lowest BCUT2D eigenvalue weighted by molar-refractivity contribution is 0.262. The molecule has 0 radical (unpaired) electrons. The lowest BCUT2D eigenvalue weighted by Crippen LogP contribution is -2.20. The molecule has 104 valence electrons. The molecule has 2 aromatic rings. The van der Waals surface area contributed by atoms with Gasteiger partial charge in [-0.1, -0.05) is 0 Å². The second-order valence-corrected chi connectivity index (χ2v) is 3.95. The molecule has 2 amide bonds. The number of benzene rings is 2. The maximum absolute atomic E-state index is 13.3. The van der Waals surface area contributed by atoms with Gasteiger partial charge in [0.2, 0.25) is 0 Å². The van der Waals surface area contributed by atoms with Crippen LogP contribution in [0.1, 0.15) is 0 Å². The normalized spacial score (nSPS) is 10.2. The van der Waals surface area contributed by atoms with E-state index in [-0.39, 0.29) is 0 Å². The maximum Gasteiger partial charge on any atom is 0.323 e. The molecule has 0 saturated heterocycles. The van der Waals surface area contributed by atoms with Crippen LogP contribution in [0.3, 0.4) is 0 Å². The average Bonchev–Trinajstić information content (AvgIpc) is 2.38. The highest BCUT2D eigenvalue weighted by atomic mass is 19.2. The van der Waals surface area contributed by atoms with E-state index in [4.69, 9.17) is 5.73 Å². The van der Waals surface area contributed by atoms with Crippen LogP contribution < -0.4 is 16.4 Å². The zero-order valence-corrected chi connectivity index (χ0v) is 10.1. The van der Waals surface area contributed by atoms with Crippen LogP contribution in [0.4, 0.5) is 35.0 Å². The first kappa shape index (κ1) is 13.7. The van der Waals surface area contributed by atoms with Crippen molar-refractivity contribution in [3.05, 3.63) is 53.8 Å². The number of rotatable bonds is 2. The first-order valence-electron chi connectivity index (χ1n) is 5.54. The first-order valence-corrected chi connectivity index (χ1v) is 5.54. The molecule has 0 saturated carbocycles. The van der Waals surface area contributed by atoms with Crippen LogP contribution >= 0.6 is 0 Å². The molecule has 0 heterocycles. The number of hydrogen-bond acceptors (Lipinski definition) is 2. The molecule has 0 atom stereocenters. The molecule has 0 aliphatic rings. The van der Waals surface area contributed by atoms with Crippen molar-refractivity contribution in [2.45, 2.75) is 0 Å². The molecule has 0 fully saturated rings. The minimum atomic E-state index is -1.38. The summed E-state index contributed by atoms with van der Waals surface area (Å²) in [6.45, 7) is 0. The largest absolute Gasteiger partial charge is 0.399 e. The van der Waals surface area contributed by atoms with Gasteiger partial charge in [0.25, 0.3) is 0 Å². The Morgan fingerprint density at radius 1 is 1.00 bits per heavy atom. The summed E-state index contributed by atoms with van der Waals surface area (Å²) in [6.07, 6.45) is 0. The highest BCUT2D eigenvalue weighted by Gasteiger charge is 2.13. The van der Waals surface area contributed by atoms with Crippen LogP contribution in [-0.2, 0) is 0 Å². The number of amides is 2. The van der Waals surface area contributed by atoms with Crippen LogP contribution in [0.2, 0.25) is 0 Å². The highest BCUT2D eigenvalue weighted by Crippen LogP contribution is 2.19. The van der Waals surface area contributed by atoms with Gasteiger partial charge in [0.15, 0.2) is 11.6 Å². The molecule has 0 spiro atoms. The van der Waals surface area contributed by atoms with Crippen molar-refractivity contribution in [2.75, 3.05) is 16.4 Å². The molecule has 4 N–H and O–H groups in total. The molecular formula is C13H10F3N3O. The Bertz CT molecular complexity index is 644. The fraction of sp³-hybridized carbons (Fsp3) is 0. The Morgan fingerprint density at radius 3 is 2.30 bits per heavy atom. The second-order valence-electron chi connectivity index (χ2n) is 3.95. The summed E-state index contributed by atoms with van der Waals surface area (Å²) in [5, 5.41) is 4.39. The fourth-order valence-electron chi connectivity index (χ4n) is 1.50. The smallest absolute Gasteiger partial charge is 0.323 e. The number of hydrogen-bond donors (Lipinski definition) is 3. The van der Waals surface area contributed by atoms with Crippen molar-refractivity contribution in [3.63, 3.8) is 0 Å². The van der Waals surface area contributed by atoms with Crippen molar-refractivity contribution in [1.82, 2.24) is 0 Å². The zero-order chi connectivity index (χ0) is 14.7. The van der Waals surface area contributed by atoms with Gasteiger partial charge in [-0.05, 0) is 24.3 Å². The monoisotopic (exact) mass is 281 g/mol. The van der Waals surface area contributed by atoms with Crippen LogP contribution in [0.25, 0.3) is 0 Å². The number of carbonyl (C=O) groups excluding carboxylic acids is 1. The standard InChI is InChI=1S/C13H10F3N3O/c14-7-5-10(15)12(16)11(6-7)19-13(20)18-9-3-1-8(17)2-4-9/h1-6H,17H2,(H2,18,19,20).